The summed E-state index contributed by atoms with van der Waals surface area (Å²) in [6, 6.07) is 21.8. The van der Waals surface area contributed by atoms with Crippen LogP contribution in [-0.4, -0.2) is 49.2 Å². The third-order valence-electron chi connectivity index (χ3n) is 5.79. The van der Waals surface area contributed by atoms with Crippen LogP contribution in [-0.2, 0) is 16.0 Å². The summed E-state index contributed by atoms with van der Waals surface area (Å²) in [5.74, 6) is 0.786. The molecule has 186 valence electrons. The standard InChI is InChI=1S/C28H28ClFN4O2/c1-36-18-15-31-26(35)14-17-34(16-13-20-5-3-2-4-6-20)28-24-12-9-22(29)19-25(24)32-27(33-28)21-7-10-23(30)11-8-21/h2-12,19H,13-18H2,1H3,(H,31,35). The lowest BCUT2D eigenvalue weighted by Gasteiger charge is -2.25. The molecule has 1 amide bonds. The molecule has 0 saturated carbocycles. The molecule has 0 bridgehead atoms. The van der Waals surface area contributed by atoms with Gasteiger partial charge in [0.1, 0.15) is 11.6 Å². The molecule has 0 radical (unpaired) electrons. The molecule has 0 saturated heterocycles. The summed E-state index contributed by atoms with van der Waals surface area (Å²) < 4.78 is 18.6. The van der Waals surface area contributed by atoms with Gasteiger partial charge < -0.3 is 15.0 Å². The van der Waals surface area contributed by atoms with Gasteiger partial charge >= 0.3 is 0 Å². The summed E-state index contributed by atoms with van der Waals surface area (Å²) in [7, 11) is 1.60. The Hall–Kier alpha value is -3.55. The first-order valence-electron chi connectivity index (χ1n) is 11.8. The molecule has 36 heavy (non-hydrogen) atoms. The third-order valence-corrected chi connectivity index (χ3v) is 6.03. The number of carbonyl (C=O) groups excluding carboxylic acids is 1. The van der Waals surface area contributed by atoms with E-state index in [1.54, 1.807) is 31.4 Å². The molecule has 0 fully saturated rings. The number of halogens is 2. The van der Waals surface area contributed by atoms with E-state index < -0.39 is 0 Å². The Labute approximate surface area is 215 Å². The van der Waals surface area contributed by atoms with Crippen LogP contribution >= 0.6 is 11.6 Å². The molecule has 0 atom stereocenters. The Morgan fingerprint density at radius 2 is 1.81 bits per heavy atom. The molecule has 3 aromatic carbocycles. The smallest absolute Gasteiger partial charge is 0.221 e. The number of hydrogen-bond acceptors (Lipinski definition) is 5. The minimum Gasteiger partial charge on any atom is -0.383 e. The second-order valence-corrected chi connectivity index (χ2v) is 8.79. The van der Waals surface area contributed by atoms with Crippen molar-refractivity contribution in [2.24, 2.45) is 0 Å². The quantitative estimate of drug-likeness (QED) is 0.280. The topological polar surface area (TPSA) is 67.3 Å². The number of nitrogens with one attached hydrogen (secondary N) is 1. The zero-order chi connectivity index (χ0) is 25.3. The molecule has 4 aromatic rings. The van der Waals surface area contributed by atoms with Crippen molar-refractivity contribution in [3.63, 3.8) is 0 Å². The molecular weight excluding hydrogens is 479 g/mol. The highest BCUT2D eigenvalue weighted by atomic mass is 35.5. The SMILES string of the molecule is COCCNC(=O)CCN(CCc1ccccc1)c1nc(-c2ccc(F)cc2)nc2cc(Cl)ccc12. The van der Waals surface area contributed by atoms with Gasteiger partial charge in [-0.05, 0) is 54.4 Å². The van der Waals surface area contributed by atoms with Crippen molar-refractivity contribution < 1.29 is 13.9 Å². The number of fused-ring (bicyclic) bond motifs is 1. The maximum absolute atomic E-state index is 13.6. The Morgan fingerprint density at radius 3 is 2.56 bits per heavy atom. The Bertz CT molecular complexity index is 1300. The molecule has 1 N–H and O–H groups in total. The molecule has 1 heterocycles. The summed E-state index contributed by atoms with van der Waals surface area (Å²) in [4.78, 5) is 24.2. The normalized spacial score (nSPS) is 11.0. The van der Waals surface area contributed by atoms with Crippen LogP contribution in [0.2, 0.25) is 5.02 Å². The van der Waals surface area contributed by atoms with E-state index in [1.807, 2.05) is 24.3 Å². The van der Waals surface area contributed by atoms with E-state index in [-0.39, 0.29) is 11.7 Å². The van der Waals surface area contributed by atoms with Gasteiger partial charge in [0.15, 0.2) is 5.82 Å². The number of rotatable bonds is 11. The van der Waals surface area contributed by atoms with Crippen LogP contribution in [0.3, 0.4) is 0 Å². The van der Waals surface area contributed by atoms with Crippen LogP contribution in [0.25, 0.3) is 22.3 Å². The van der Waals surface area contributed by atoms with Crippen LogP contribution in [0, 0.1) is 5.82 Å². The third kappa shape index (κ3) is 6.77. The zero-order valence-corrected chi connectivity index (χ0v) is 20.8. The highest BCUT2D eigenvalue weighted by Crippen LogP contribution is 2.30. The fourth-order valence-corrected chi connectivity index (χ4v) is 4.07. The van der Waals surface area contributed by atoms with Gasteiger partial charge in [-0.2, -0.15) is 0 Å². The van der Waals surface area contributed by atoms with Gasteiger partial charge in [0, 0.05) is 49.1 Å². The second kappa shape index (κ2) is 12.4. The first-order chi connectivity index (χ1) is 17.5. The maximum atomic E-state index is 13.6. The first-order valence-corrected chi connectivity index (χ1v) is 12.2. The van der Waals surface area contributed by atoms with Gasteiger partial charge in [0.2, 0.25) is 5.91 Å². The number of hydrogen-bond donors (Lipinski definition) is 1. The van der Waals surface area contributed by atoms with Crippen molar-refractivity contribution in [3.05, 3.63) is 89.2 Å². The van der Waals surface area contributed by atoms with Crippen LogP contribution in [0.5, 0.6) is 0 Å². The number of nitrogens with zero attached hydrogens (tertiary/aromatic N) is 3. The number of anilines is 1. The number of ether oxygens (including phenoxy) is 1. The predicted octanol–water partition coefficient (Wildman–Crippen LogP) is 5.29. The summed E-state index contributed by atoms with van der Waals surface area (Å²) in [6.45, 7) is 2.03. The summed E-state index contributed by atoms with van der Waals surface area (Å²) in [5, 5.41) is 4.27. The second-order valence-electron chi connectivity index (χ2n) is 8.35. The largest absolute Gasteiger partial charge is 0.383 e. The molecule has 0 unspecified atom stereocenters. The van der Waals surface area contributed by atoms with Crippen LogP contribution in [0.15, 0.2) is 72.8 Å². The fourth-order valence-electron chi connectivity index (χ4n) is 3.90. The van der Waals surface area contributed by atoms with Gasteiger partial charge in [-0.25, -0.2) is 14.4 Å². The van der Waals surface area contributed by atoms with E-state index in [4.69, 9.17) is 26.3 Å². The van der Waals surface area contributed by atoms with E-state index in [0.717, 1.165) is 11.8 Å². The van der Waals surface area contributed by atoms with E-state index in [1.165, 1.54) is 17.7 Å². The van der Waals surface area contributed by atoms with Gasteiger partial charge in [-0.15, -0.1) is 0 Å². The minimum absolute atomic E-state index is 0.0584. The average molecular weight is 507 g/mol. The monoisotopic (exact) mass is 506 g/mol. The van der Waals surface area contributed by atoms with Crippen molar-refractivity contribution >= 4 is 34.2 Å². The number of carbonyl (C=O) groups is 1. The summed E-state index contributed by atoms with van der Waals surface area (Å²) in [5.41, 5.74) is 2.56. The van der Waals surface area contributed by atoms with Crippen molar-refractivity contribution in [2.45, 2.75) is 12.8 Å². The molecule has 0 spiro atoms. The van der Waals surface area contributed by atoms with Crippen molar-refractivity contribution in [1.82, 2.24) is 15.3 Å². The number of methoxy groups -OCH3 is 1. The molecule has 8 heteroatoms. The molecule has 0 aliphatic rings. The van der Waals surface area contributed by atoms with E-state index >= 15 is 0 Å². The minimum atomic E-state index is -0.327. The molecule has 0 aliphatic carbocycles. The van der Waals surface area contributed by atoms with Gasteiger partial charge in [-0.1, -0.05) is 41.9 Å². The molecule has 0 aliphatic heterocycles. The van der Waals surface area contributed by atoms with Crippen molar-refractivity contribution in [2.75, 3.05) is 38.3 Å². The van der Waals surface area contributed by atoms with E-state index in [2.05, 4.69) is 22.3 Å². The van der Waals surface area contributed by atoms with Gasteiger partial charge in [-0.3, -0.25) is 4.79 Å². The Kier molecular flexibility index (Phi) is 8.81. The summed E-state index contributed by atoms with van der Waals surface area (Å²) >= 11 is 6.29. The van der Waals surface area contributed by atoms with Gasteiger partial charge in [0.05, 0.1) is 12.1 Å². The fraction of sp³-hybridized carbons (Fsp3) is 0.250. The van der Waals surface area contributed by atoms with Crippen LogP contribution in [0.4, 0.5) is 10.2 Å². The predicted molar refractivity (Wildman–Crippen MR) is 142 cm³/mol. The van der Waals surface area contributed by atoms with Crippen molar-refractivity contribution in [3.8, 4) is 11.4 Å². The molecule has 6 nitrogen and oxygen atoms in total. The van der Waals surface area contributed by atoms with Crippen LogP contribution in [0.1, 0.15) is 12.0 Å². The Morgan fingerprint density at radius 1 is 1.03 bits per heavy atom. The summed E-state index contributed by atoms with van der Waals surface area (Å²) in [6.07, 6.45) is 1.07. The lowest BCUT2D eigenvalue weighted by molar-refractivity contribution is -0.121. The van der Waals surface area contributed by atoms with E-state index in [9.17, 15) is 9.18 Å². The van der Waals surface area contributed by atoms with Gasteiger partial charge in [0.25, 0.3) is 0 Å². The average Bonchev–Trinajstić information content (AvgIpc) is 2.89. The maximum Gasteiger partial charge on any atom is 0.221 e. The highest BCUT2D eigenvalue weighted by Gasteiger charge is 2.17. The lowest BCUT2D eigenvalue weighted by atomic mass is 10.1. The van der Waals surface area contributed by atoms with Crippen molar-refractivity contribution in [1.29, 1.82) is 0 Å². The Balaban J connectivity index is 1.70. The number of benzene rings is 3. The molecule has 1 aromatic heterocycles. The van der Waals surface area contributed by atoms with Crippen LogP contribution < -0.4 is 10.2 Å². The van der Waals surface area contributed by atoms with E-state index in [0.29, 0.717) is 60.4 Å². The molecule has 4 rings (SSSR count). The highest BCUT2D eigenvalue weighted by molar-refractivity contribution is 6.31. The molecular formula is C28H28ClFN4O2. The number of aromatic nitrogens is 2. The number of amides is 1. The zero-order valence-electron chi connectivity index (χ0n) is 20.1. The lowest BCUT2D eigenvalue weighted by Crippen LogP contribution is -2.34. The first kappa shape index (κ1) is 25.5.